The third-order valence-electron chi connectivity index (χ3n) is 14.4. The standard InChI is InChI=1S/C64H71Cl6N3O19/c1-37(2)85-58-49(71-60(77)64(68,69)70)53(47(38(3)86-58)72-61(78)83-33-43-26-16-8-17-27-43)92-59-55(90-56(76)44-28-18-9-19-29-44)54(82-32-42-24-14-7-15-25-42)52(46(89-59)35-81-31-41-22-12-6-13-23-41)91-57-48(73-62(79)84-36-63(65,66)67)50(75)51(87-39(4)74)45(88-57)34-80-30-40-20-10-5-11-21-40/h5-29,37-38,45-55,57-59,75H,30-36H2,1-4H3,(H,71,77)(H,72,78)(H,73,79)/t38-,45-,46-,47+,48-,49-,50-,51+,52+,53+,54+,55-,57+,58-,59+/m1/s1. The molecule has 92 heavy (non-hydrogen) atoms. The first-order chi connectivity index (χ1) is 44.0. The molecule has 3 fully saturated rings. The van der Waals surface area contributed by atoms with E-state index in [1.165, 1.54) is 12.1 Å². The fourth-order valence-corrected chi connectivity index (χ4v) is 10.6. The fraction of sp³-hybridized carbons (Fsp3) is 0.453. The Bertz CT molecular complexity index is 3110. The number of carbonyl (C=O) groups excluding carboxylic acids is 5. The van der Waals surface area contributed by atoms with Crippen LogP contribution in [-0.4, -0.2) is 161 Å². The number of amides is 3. The van der Waals surface area contributed by atoms with Gasteiger partial charge < -0.3 is 82.6 Å². The minimum Gasteiger partial charge on any atom is -0.457 e. The second kappa shape index (κ2) is 34.7. The zero-order valence-corrected chi connectivity index (χ0v) is 54.7. The number of alkyl carbamates (subject to hydrolysis) is 2. The van der Waals surface area contributed by atoms with Crippen LogP contribution >= 0.6 is 69.6 Å². The molecule has 22 nitrogen and oxygen atoms in total. The van der Waals surface area contributed by atoms with Crippen molar-refractivity contribution in [2.24, 2.45) is 0 Å². The van der Waals surface area contributed by atoms with Gasteiger partial charge in [-0.3, -0.25) is 9.59 Å². The molecule has 498 valence electrons. The number of hydrogen-bond acceptors (Lipinski definition) is 19. The molecule has 28 heteroatoms. The highest BCUT2D eigenvalue weighted by molar-refractivity contribution is 6.76. The van der Waals surface area contributed by atoms with E-state index in [0.717, 1.165) is 18.1 Å². The van der Waals surface area contributed by atoms with Crippen LogP contribution in [0.2, 0.25) is 0 Å². The van der Waals surface area contributed by atoms with Crippen molar-refractivity contribution in [2.75, 3.05) is 19.8 Å². The third kappa shape index (κ3) is 21.7. The number of benzene rings is 5. The largest absolute Gasteiger partial charge is 0.457 e. The summed E-state index contributed by atoms with van der Waals surface area (Å²) in [6, 6.07) is 39.3. The molecule has 0 bridgehead atoms. The molecule has 3 saturated heterocycles. The van der Waals surface area contributed by atoms with Crippen LogP contribution < -0.4 is 16.0 Å². The summed E-state index contributed by atoms with van der Waals surface area (Å²) in [5, 5.41) is 20.6. The van der Waals surface area contributed by atoms with Crippen molar-refractivity contribution in [3.8, 4) is 0 Å². The third-order valence-corrected chi connectivity index (χ3v) is 15.3. The molecule has 0 unspecified atom stereocenters. The highest BCUT2D eigenvalue weighted by Crippen LogP contribution is 2.38. The lowest BCUT2D eigenvalue weighted by atomic mass is 9.93. The van der Waals surface area contributed by atoms with Crippen molar-refractivity contribution in [1.82, 2.24) is 16.0 Å². The van der Waals surface area contributed by atoms with E-state index in [1.807, 2.05) is 60.7 Å². The Morgan fingerprint density at radius 3 is 1.52 bits per heavy atom. The topological polar surface area (TPSA) is 262 Å². The molecule has 0 aromatic heterocycles. The van der Waals surface area contributed by atoms with Crippen LogP contribution in [0.1, 0.15) is 60.3 Å². The van der Waals surface area contributed by atoms with Gasteiger partial charge in [-0.25, -0.2) is 14.4 Å². The van der Waals surface area contributed by atoms with Gasteiger partial charge in [0.25, 0.3) is 9.70 Å². The van der Waals surface area contributed by atoms with Crippen molar-refractivity contribution >= 4 is 99.6 Å². The van der Waals surface area contributed by atoms with E-state index in [1.54, 1.807) is 99.6 Å². The van der Waals surface area contributed by atoms with Crippen LogP contribution in [0.3, 0.4) is 0 Å². The SMILES string of the molecule is CC(=O)O[C@@H]1[C@H](O)[C@@H](NC(=O)OCC(Cl)(Cl)Cl)[C@H](O[C@@H]2[C@H](OCc3ccccc3)[C@@H](OC(=O)c3ccccc3)[C@H](O[C@H]3[C@@H](NC(=O)OCc4ccccc4)[C@@H](C)O[C@@H](OC(C)C)[C@@H]3NC(=O)C(Cl)(Cl)Cl)O[C@@H]2COCc2ccccc2)O[C@@H]1COCc1ccccc1. The lowest BCUT2D eigenvalue weighted by Gasteiger charge is -2.51. The predicted octanol–water partition coefficient (Wildman–Crippen LogP) is 9.53. The number of ether oxygens (including phenoxy) is 13. The lowest BCUT2D eigenvalue weighted by molar-refractivity contribution is -0.365. The van der Waals surface area contributed by atoms with E-state index < -0.39 is 149 Å². The summed E-state index contributed by atoms with van der Waals surface area (Å²) in [6.45, 7) is 4.28. The maximum Gasteiger partial charge on any atom is 0.407 e. The number of alkyl halides is 6. The van der Waals surface area contributed by atoms with Crippen molar-refractivity contribution in [1.29, 1.82) is 0 Å². The second-order valence-electron chi connectivity index (χ2n) is 21.8. The minimum absolute atomic E-state index is 0.0163. The average Bonchev–Trinajstić information content (AvgIpc) is 0.876. The molecule has 5 aromatic carbocycles. The van der Waals surface area contributed by atoms with Gasteiger partial charge in [-0.05, 0) is 55.2 Å². The molecule has 3 heterocycles. The van der Waals surface area contributed by atoms with Gasteiger partial charge in [0.1, 0.15) is 61.9 Å². The molecule has 0 radical (unpaired) electrons. The number of aliphatic hydroxyl groups excluding tert-OH is 1. The van der Waals surface area contributed by atoms with Crippen molar-refractivity contribution in [2.45, 2.75) is 160 Å². The average molecular weight is 1400 g/mol. The molecule has 15 atom stereocenters. The molecule has 5 aromatic rings. The van der Waals surface area contributed by atoms with E-state index in [4.69, 9.17) is 131 Å². The Kier molecular flexibility index (Phi) is 27.2. The lowest BCUT2D eigenvalue weighted by Crippen LogP contribution is -2.72. The molecule has 8 rings (SSSR count). The van der Waals surface area contributed by atoms with E-state index in [9.17, 15) is 29.1 Å². The first-order valence-corrected chi connectivity index (χ1v) is 31.5. The van der Waals surface area contributed by atoms with E-state index >= 15 is 0 Å². The zero-order valence-electron chi connectivity index (χ0n) is 50.2. The second-order valence-corrected chi connectivity index (χ2v) is 26.6. The molecule has 0 saturated carbocycles. The monoisotopic (exact) mass is 1400 g/mol. The number of hydrogen-bond donors (Lipinski definition) is 4. The van der Waals surface area contributed by atoms with Gasteiger partial charge in [0.05, 0.1) is 56.8 Å². The number of rotatable bonds is 26. The highest BCUT2D eigenvalue weighted by atomic mass is 35.6. The van der Waals surface area contributed by atoms with Gasteiger partial charge in [0.15, 0.2) is 31.1 Å². The molecule has 0 spiro atoms. The Hall–Kier alpha value is -5.61. The van der Waals surface area contributed by atoms with Crippen LogP contribution in [0, 0.1) is 0 Å². The van der Waals surface area contributed by atoms with Crippen LogP contribution in [0.15, 0.2) is 152 Å². The normalized spacial score (nSPS) is 26.6. The molecular formula is C64H71Cl6N3O19. The molecule has 0 aliphatic carbocycles. The summed E-state index contributed by atoms with van der Waals surface area (Å²) in [4.78, 5) is 69.7. The zero-order chi connectivity index (χ0) is 66.0. The summed E-state index contributed by atoms with van der Waals surface area (Å²) in [5.74, 6) is -2.92. The molecule has 3 amide bonds. The van der Waals surface area contributed by atoms with Crippen molar-refractivity contribution in [3.63, 3.8) is 0 Å². The van der Waals surface area contributed by atoms with Crippen LogP contribution in [0.25, 0.3) is 0 Å². The van der Waals surface area contributed by atoms with E-state index in [0.29, 0.717) is 11.1 Å². The fourth-order valence-electron chi connectivity index (χ4n) is 10.2. The van der Waals surface area contributed by atoms with Gasteiger partial charge >= 0.3 is 24.1 Å². The maximum atomic E-state index is 14.9. The summed E-state index contributed by atoms with van der Waals surface area (Å²) in [6.07, 6.45) is -21.7. The van der Waals surface area contributed by atoms with E-state index in [-0.39, 0.29) is 38.6 Å². The van der Waals surface area contributed by atoms with Gasteiger partial charge in [-0.15, -0.1) is 0 Å². The molecule has 3 aliphatic heterocycles. The minimum atomic E-state index is -2.59. The van der Waals surface area contributed by atoms with Gasteiger partial charge in [-0.1, -0.05) is 209 Å². The Morgan fingerprint density at radius 1 is 0.522 bits per heavy atom. The van der Waals surface area contributed by atoms with Crippen LogP contribution in [0.4, 0.5) is 9.59 Å². The number of nitrogens with one attached hydrogen (secondary N) is 3. The van der Waals surface area contributed by atoms with E-state index in [2.05, 4.69) is 16.0 Å². The molecule has 3 aliphatic rings. The maximum absolute atomic E-state index is 14.9. The van der Waals surface area contributed by atoms with Gasteiger partial charge in [0, 0.05) is 6.92 Å². The number of carbonyl (C=O) groups is 5. The van der Waals surface area contributed by atoms with Crippen LogP contribution in [-0.2, 0) is 97.6 Å². The Balaban J connectivity index is 1.28. The first kappa shape index (κ1) is 72.2. The Labute approximate surface area is 562 Å². The molecule has 4 N–H and O–H groups in total. The number of aliphatic hydroxyl groups is 1. The van der Waals surface area contributed by atoms with Gasteiger partial charge in [0.2, 0.25) is 3.79 Å². The Morgan fingerprint density at radius 2 is 1.00 bits per heavy atom. The van der Waals surface area contributed by atoms with Crippen molar-refractivity contribution < 1.29 is 90.7 Å². The summed E-state index contributed by atoms with van der Waals surface area (Å²) in [7, 11) is 0. The van der Waals surface area contributed by atoms with Crippen molar-refractivity contribution in [3.05, 3.63) is 179 Å². The smallest absolute Gasteiger partial charge is 0.407 e. The first-order valence-electron chi connectivity index (χ1n) is 29.3. The predicted molar refractivity (Wildman–Crippen MR) is 336 cm³/mol. The highest BCUT2D eigenvalue weighted by Gasteiger charge is 2.58. The summed E-state index contributed by atoms with van der Waals surface area (Å²) >= 11 is 36.7. The van der Waals surface area contributed by atoms with Gasteiger partial charge in [-0.2, -0.15) is 0 Å². The molecular weight excluding hydrogens is 1330 g/mol. The van der Waals surface area contributed by atoms with Crippen LogP contribution in [0.5, 0.6) is 0 Å². The summed E-state index contributed by atoms with van der Waals surface area (Å²) in [5.41, 5.74) is 2.83. The summed E-state index contributed by atoms with van der Waals surface area (Å²) < 4.78 is 78.9. The number of esters is 2. The number of halogens is 6. The quantitative estimate of drug-likeness (QED) is 0.0228.